The van der Waals surface area contributed by atoms with E-state index in [0.717, 1.165) is 0 Å². The Morgan fingerprint density at radius 3 is 2.07 bits per heavy atom. The maximum Gasteiger partial charge on any atom is 0.426 e. The Morgan fingerprint density at radius 1 is 1.10 bits per heavy atom. The number of alkyl halides is 3. The molecule has 0 bridgehead atoms. The monoisotopic (exact) mass is 448 g/mol. The number of hydrogen-bond acceptors (Lipinski definition) is 3. The van der Waals surface area contributed by atoms with Crippen LogP contribution >= 0.6 is 11.6 Å². The molecule has 1 aliphatic carbocycles. The highest BCUT2D eigenvalue weighted by Gasteiger charge is 2.62. The molecular formula is C18H16ClF7O3. The molecule has 0 aliphatic heterocycles. The SMILES string of the molecule is CCOc1c(F)c(F)c(COC(=O)C2C(C=C(Cl)C(F)(F)F)C2(C)C)c(F)c1F. The van der Waals surface area contributed by atoms with Crippen LogP contribution in [0.3, 0.4) is 0 Å². The highest BCUT2D eigenvalue weighted by Crippen LogP contribution is 2.60. The van der Waals surface area contributed by atoms with Gasteiger partial charge >= 0.3 is 12.1 Å². The van der Waals surface area contributed by atoms with Crippen molar-refractivity contribution < 1.29 is 45.0 Å². The molecule has 0 spiro atoms. The molecule has 0 radical (unpaired) electrons. The van der Waals surface area contributed by atoms with Crippen LogP contribution in [0.4, 0.5) is 30.7 Å². The Balaban J connectivity index is 2.18. The number of ether oxygens (including phenoxy) is 2. The maximum absolute atomic E-state index is 14.0. The fraction of sp³-hybridized carbons (Fsp3) is 0.500. The van der Waals surface area contributed by atoms with Gasteiger partial charge in [-0.2, -0.15) is 22.0 Å². The van der Waals surface area contributed by atoms with E-state index in [0.29, 0.717) is 6.08 Å². The van der Waals surface area contributed by atoms with E-state index in [1.807, 2.05) is 0 Å². The number of allylic oxidation sites excluding steroid dienone is 2. The molecule has 0 amide bonds. The third kappa shape index (κ3) is 4.46. The number of rotatable bonds is 6. The lowest BCUT2D eigenvalue weighted by molar-refractivity contribution is -0.147. The average molecular weight is 449 g/mol. The summed E-state index contributed by atoms with van der Waals surface area (Å²) in [7, 11) is 0. The van der Waals surface area contributed by atoms with Crippen molar-refractivity contribution in [3.63, 3.8) is 0 Å². The summed E-state index contributed by atoms with van der Waals surface area (Å²) in [6, 6.07) is 0. The zero-order valence-electron chi connectivity index (χ0n) is 15.4. The van der Waals surface area contributed by atoms with Crippen LogP contribution in [0, 0.1) is 40.5 Å². The third-order valence-corrected chi connectivity index (χ3v) is 5.06. The van der Waals surface area contributed by atoms with Crippen LogP contribution in [0.2, 0.25) is 0 Å². The molecule has 0 saturated heterocycles. The summed E-state index contributed by atoms with van der Waals surface area (Å²) >= 11 is 5.17. The fourth-order valence-corrected chi connectivity index (χ4v) is 3.11. The molecule has 1 saturated carbocycles. The Bertz CT molecular complexity index is 820. The van der Waals surface area contributed by atoms with E-state index in [-0.39, 0.29) is 6.61 Å². The molecule has 1 aliphatic rings. The van der Waals surface area contributed by atoms with E-state index in [2.05, 4.69) is 4.74 Å². The van der Waals surface area contributed by atoms with Gasteiger partial charge in [-0.3, -0.25) is 4.79 Å². The van der Waals surface area contributed by atoms with Gasteiger partial charge < -0.3 is 9.47 Å². The first-order valence-electron chi connectivity index (χ1n) is 8.33. The molecule has 2 atom stereocenters. The predicted octanol–water partition coefficient (Wildman–Crippen LogP) is 5.64. The second-order valence-corrected chi connectivity index (χ2v) is 7.35. The molecule has 2 rings (SSSR count). The molecule has 162 valence electrons. The lowest BCUT2D eigenvalue weighted by Gasteiger charge is -2.12. The quantitative estimate of drug-likeness (QED) is 0.321. The second kappa shape index (κ2) is 8.04. The average Bonchev–Trinajstić information content (AvgIpc) is 3.16. The van der Waals surface area contributed by atoms with Crippen LogP contribution in [0.5, 0.6) is 5.75 Å². The van der Waals surface area contributed by atoms with E-state index in [1.165, 1.54) is 20.8 Å². The third-order valence-electron chi connectivity index (χ3n) is 4.72. The Labute approximate surface area is 166 Å². The van der Waals surface area contributed by atoms with Gasteiger partial charge in [0.25, 0.3) is 0 Å². The van der Waals surface area contributed by atoms with Crippen molar-refractivity contribution >= 4 is 17.6 Å². The molecule has 0 aromatic heterocycles. The number of benzene rings is 1. The van der Waals surface area contributed by atoms with Crippen LogP contribution in [0.1, 0.15) is 26.3 Å². The van der Waals surface area contributed by atoms with Crippen molar-refractivity contribution in [3.8, 4) is 5.75 Å². The number of carbonyl (C=O) groups is 1. The fourth-order valence-electron chi connectivity index (χ4n) is 2.98. The van der Waals surface area contributed by atoms with Crippen LogP contribution in [-0.4, -0.2) is 18.8 Å². The zero-order chi connectivity index (χ0) is 22.3. The van der Waals surface area contributed by atoms with Crippen molar-refractivity contribution in [1.82, 2.24) is 0 Å². The van der Waals surface area contributed by atoms with Crippen LogP contribution in [-0.2, 0) is 16.1 Å². The van der Waals surface area contributed by atoms with Crippen molar-refractivity contribution in [2.24, 2.45) is 17.3 Å². The lowest BCUT2D eigenvalue weighted by Crippen LogP contribution is -2.14. The van der Waals surface area contributed by atoms with Crippen molar-refractivity contribution in [1.29, 1.82) is 0 Å². The van der Waals surface area contributed by atoms with Gasteiger partial charge in [0.15, 0.2) is 17.4 Å². The van der Waals surface area contributed by atoms with E-state index in [4.69, 9.17) is 16.3 Å². The summed E-state index contributed by atoms with van der Waals surface area (Å²) in [5.41, 5.74) is -2.15. The van der Waals surface area contributed by atoms with Gasteiger partial charge in [-0.1, -0.05) is 31.5 Å². The van der Waals surface area contributed by atoms with Crippen LogP contribution in [0.25, 0.3) is 0 Å². The highest BCUT2D eigenvalue weighted by molar-refractivity contribution is 6.30. The first-order valence-corrected chi connectivity index (χ1v) is 8.71. The van der Waals surface area contributed by atoms with Gasteiger partial charge in [0.05, 0.1) is 18.1 Å². The molecule has 1 fully saturated rings. The molecule has 1 aromatic rings. The molecule has 0 heterocycles. The van der Waals surface area contributed by atoms with Crippen LogP contribution in [0.15, 0.2) is 11.1 Å². The number of carbonyl (C=O) groups excluding carboxylic acids is 1. The standard InChI is InChI=1S/C18H16ClF7O3/c1-4-28-15-13(22)11(20)7(12(21)14(15)23)6-29-16(27)10-8(17(10,2)3)5-9(19)18(24,25)26/h5,8,10H,4,6H2,1-3H3. The molecule has 3 nitrogen and oxygen atoms in total. The van der Waals surface area contributed by atoms with Gasteiger partial charge in [-0.05, 0) is 18.3 Å². The predicted molar refractivity (Wildman–Crippen MR) is 88.0 cm³/mol. The minimum Gasteiger partial charge on any atom is -0.488 e. The van der Waals surface area contributed by atoms with Gasteiger partial charge in [0, 0.05) is 0 Å². The van der Waals surface area contributed by atoms with Crippen molar-refractivity contribution in [2.45, 2.75) is 33.6 Å². The normalized spacial score (nSPS) is 21.1. The van der Waals surface area contributed by atoms with Crippen LogP contribution < -0.4 is 4.74 Å². The zero-order valence-corrected chi connectivity index (χ0v) is 16.2. The number of esters is 1. The van der Waals surface area contributed by atoms with Crippen molar-refractivity contribution in [2.75, 3.05) is 6.61 Å². The first-order chi connectivity index (χ1) is 13.2. The van der Waals surface area contributed by atoms with E-state index in [9.17, 15) is 35.5 Å². The topological polar surface area (TPSA) is 35.5 Å². The number of hydrogen-bond donors (Lipinski definition) is 0. The molecule has 1 aromatic carbocycles. The van der Waals surface area contributed by atoms with Gasteiger partial charge in [-0.15, -0.1) is 0 Å². The van der Waals surface area contributed by atoms with Gasteiger partial charge in [-0.25, -0.2) is 8.78 Å². The summed E-state index contributed by atoms with van der Waals surface area (Å²) in [5, 5.41) is -1.42. The summed E-state index contributed by atoms with van der Waals surface area (Å²) in [6.45, 7) is 2.87. The number of halogens is 8. The molecule has 2 unspecified atom stereocenters. The first kappa shape index (κ1) is 23.3. The smallest absolute Gasteiger partial charge is 0.426 e. The Morgan fingerprint density at radius 2 is 1.62 bits per heavy atom. The lowest BCUT2D eigenvalue weighted by atomic mass is 10.1. The maximum atomic E-state index is 14.0. The van der Waals surface area contributed by atoms with Gasteiger partial charge in [0.1, 0.15) is 11.6 Å². The molecule has 29 heavy (non-hydrogen) atoms. The minimum absolute atomic E-state index is 0.257. The summed E-state index contributed by atoms with van der Waals surface area (Å²) in [5.74, 6) is -11.5. The highest BCUT2D eigenvalue weighted by atomic mass is 35.5. The van der Waals surface area contributed by atoms with Gasteiger partial charge in [0.2, 0.25) is 11.6 Å². The van der Waals surface area contributed by atoms with E-state index >= 15 is 0 Å². The molecule has 0 N–H and O–H groups in total. The summed E-state index contributed by atoms with van der Waals surface area (Å²) in [4.78, 5) is 12.2. The summed E-state index contributed by atoms with van der Waals surface area (Å²) in [6.07, 6.45) is -4.14. The minimum atomic E-state index is -4.79. The second-order valence-electron chi connectivity index (χ2n) is 6.94. The summed E-state index contributed by atoms with van der Waals surface area (Å²) < 4.78 is 103. The van der Waals surface area contributed by atoms with E-state index < -0.39 is 75.6 Å². The molecular weight excluding hydrogens is 433 g/mol. The molecule has 11 heteroatoms. The largest absolute Gasteiger partial charge is 0.488 e. The Hall–Kier alpha value is -1.97. The Kier molecular flexibility index (Phi) is 6.46. The van der Waals surface area contributed by atoms with Crippen molar-refractivity contribution in [3.05, 3.63) is 39.9 Å². The van der Waals surface area contributed by atoms with E-state index in [1.54, 1.807) is 0 Å².